The van der Waals surface area contributed by atoms with E-state index in [0.717, 1.165) is 6.42 Å². The van der Waals surface area contributed by atoms with Gasteiger partial charge in [-0.25, -0.2) is 0 Å². The van der Waals surface area contributed by atoms with E-state index in [0.29, 0.717) is 42.8 Å². The standard InChI is InChI=1S/C26H37N3O7/c1-17(2)26(34)36-16-19-9-10-21(35-4)20(15-19)28-23(31)11-12-27-22(30)8-6-5-7-13-29-24(32)14-18(3)25(29)33/h9-10,15,17-18H,5-8,11-14,16H2,1-4H3,(H,27,30)(H,28,31). The van der Waals surface area contributed by atoms with Crippen LogP contribution in [0.25, 0.3) is 0 Å². The van der Waals surface area contributed by atoms with Crippen molar-refractivity contribution in [3.05, 3.63) is 23.8 Å². The topological polar surface area (TPSA) is 131 Å². The van der Waals surface area contributed by atoms with E-state index in [-0.39, 0.29) is 67.4 Å². The van der Waals surface area contributed by atoms with E-state index >= 15 is 0 Å². The fourth-order valence-corrected chi connectivity index (χ4v) is 3.70. The van der Waals surface area contributed by atoms with Gasteiger partial charge in [-0.1, -0.05) is 33.3 Å². The Kier molecular flexibility index (Phi) is 11.4. The zero-order valence-corrected chi connectivity index (χ0v) is 21.6. The van der Waals surface area contributed by atoms with Gasteiger partial charge in [-0.2, -0.15) is 0 Å². The average molecular weight is 504 g/mol. The Morgan fingerprint density at radius 3 is 2.47 bits per heavy atom. The molecule has 0 aromatic heterocycles. The van der Waals surface area contributed by atoms with Crippen molar-refractivity contribution in [3.8, 4) is 5.75 Å². The molecule has 2 rings (SSSR count). The van der Waals surface area contributed by atoms with E-state index in [2.05, 4.69) is 10.6 Å². The van der Waals surface area contributed by atoms with Crippen LogP contribution < -0.4 is 15.4 Å². The van der Waals surface area contributed by atoms with Gasteiger partial charge in [0.15, 0.2) is 0 Å². The smallest absolute Gasteiger partial charge is 0.308 e. The highest BCUT2D eigenvalue weighted by atomic mass is 16.5. The van der Waals surface area contributed by atoms with Crippen molar-refractivity contribution in [3.63, 3.8) is 0 Å². The van der Waals surface area contributed by atoms with Gasteiger partial charge in [0.05, 0.1) is 18.7 Å². The number of hydrogen-bond acceptors (Lipinski definition) is 7. The van der Waals surface area contributed by atoms with Crippen molar-refractivity contribution in [1.29, 1.82) is 0 Å². The largest absolute Gasteiger partial charge is 0.495 e. The Hall–Kier alpha value is -3.43. The second-order valence-electron chi connectivity index (χ2n) is 9.24. The van der Waals surface area contributed by atoms with Gasteiger partial charge < -0.3 is 20.1 Å². The Labute approximate surface area is 212 Å². The van der Waals surface area contributed by atoms with Crippen molar-refractivity contribution >= 4 is 35.3 Å². The minimum atomic E-state index is -0.307. The summed E-state index contributed by atoms with van der Waals surface area (Å²) in [6.07, 6.45) is 2.69. The molecule has 36 heavy (non-hydrogen) atoms. The van der Waals surface area contributed by atoms with Gasteiger partial charge in [0, 0.05) is 38.3 Å². The first-order chi connectivity index (χ1) is 17.1. The molecule has 1 fully saturated rings. The van der Waals surface area contributed by atoms with Crippen molar-refractivity contribution in [2.24, 2.45) is 11.8 Å². The first kappa shape index (κ1) is 28.8. The maximum atomic E-state index is 12.4. The lowest BCUT2D eigenvalue weighted by Gasteiger charge is -2.14. The van der Waals surface area contributed by atoms with Gasteiger partial charge >= 0.3 is 5.97 Å². The Bertz CT molecular complexity index is 961. The predicted octanol–water partition coefficient (Wildman–Crippen LogP) is 2.79. The number of anilines is 1. The lowest BCUT2D eigenvalue weighted by molar-refractivity contribution is -0.148. The number of rotatable bonds is 14. The molecule has 10 nitrogen and oxygen atoms in total. The Balaban J connectivity index is 1.67. The zero-order valence-electron chi connectivity index (χ0n) is 21.6. The molecule has 0 spiro atoms. The van der Waals surface area contributed by atoms with E-state index in [1.165, 1.54) is 12.0 Å². The summed E-state index contributed by atoms with van der Waals surface area (Å²) in [5.41, 5.74) is 1.16. The summed E-state index contributed by atoms with van der Waals surface area (Å²) in [7, 11) is 1.49. The first-order valence-corrected chi connectivity index (χ1v) is 12.4. The van der Waals surface area contributed by atoms with Gasteiger partial charge in [-0.3, -0.25) is 28.9 Å². The van der Waals surface area contributed by atoms with Crippen LogP contribution in [-0.2, 0) is 35.3 Å². The van der Waals surface area contributed by atoms with E-state index in [1.807, 2.05) is 0 Å². The number of carbonyl (C=O) groups is 5. The van der Waals surface area contributed by atoms with Gasteiger partial charge in [-0.15, -0.1) is 0 Å². The first-order valence-electron chi connectivity index (χ1n) is 12.4. The number of esters is 1. The number of methoxy groups -OCH3 is 1. The molecule has 198 valence electrons. The highest BCUT2D eigenvalue weighted by molar-refractivity contribution is 6.03. The Morgan fingerprint density at radius 1 is 1.08 bits per heavy atom. The molecular formula is C26H37N3O7. The third kappa shape index (κ3) is 8.98. The number of nitrogens with one attached hydrogen (secondary N) is 2. The molecule has 1 aromatic carbocycles. The molecule has 1 aliphatic heterocycles. The van der Waals surface area contributed by atoms with Crippen molar-refractivity contribution < 1.29 is 33.4 Å². The molecule has 1 aliphatic rings. The van der Waals surface area contributed by atoms with Crippen LogP contribution in [0, 0.1) is 11.8 Å². The minimum Gasteiger partial charge on any atom is -0.495 e. The quantitative estimate of drug-likeness (QED) is 0.227. The normalized spacial score (nSPS) is 15.2. The lowest BCUT2D eigenvalue weighted by Crippen LogP contribution is -2.31. The number of carbonyl (C=O) groups excluding carboxylic acids is 5. The maximum Gasteiger partial charge on any atom is 0.308 e. The van der Waals surface area contributed by atoms with Crippen LogP contribution in [0.2, 0.25) is 0 Å². The summed E-state index contributed by atoms with van der Waals surface area (Å²) < 4.78 is 10.5. The number of ether oxygens (including phenoxy) is 2. The third-order valence-corrected chi connectivity index (χ3v) is 5.82. The number of amides is 4. The number of unbranched alkanes of at least 4 members (excludes halogenated alkanes) is 2. The third-order valence-electron chi connectivity index (χ3n) is 5.82. The summed E-state index contributed by atoms with van der Waals surface area (Å²) >= 11 is 0. The van der Waals surface area contributed by atoms with Gasteiger partial charge in [0.25, 0.3) is 0 Å². The van der Waals surface area contributed by atoms with Crippen LogP contribution in [-0.4, -0.2) is 54.7 Å². The fraction of sp³-hybridized carbons (Fsp3) is 0.577. The average Bonchev–Trinajstić information content (AvgIpc) is 3.08. The van der Waals surface area contributed by atoms with Crippen LogP contribution in [0.1, 0.15) is 64.9 Å². The molecule has 0 bridgehead atoms. The highest BCUT2D eigenvalue weighted by Crippen LogP contribution is 2.26. The van der Waals surface area contributed by atoms with E-state index in [4.69, 9.17) is 9.47 Å². The summed E-state index contributed by atoms with van der Waals surface area (Å²) in [5, 5.41) is 5.49. The monoisotopic (exact) mass is 503 g/mol. The van der Waals surface area contributed by atoms with Crippen LogP contribution >= 0.6 is 0 Å². The van der Waals surface area contributed by atoms with Crippen molar-refractivity contribution in [1.82, 2.24) is 10.2 Å². The maximum absolute atomic E-state index is 12.4. The van der Waals surface area contributed by atoms with Gasteiger partial charge in [-0.05, 0) is 30.5 Å². The van der Waals surface area contributed by atoms with Crippen LogP contribution in [0.5, 0.6) is 5.75 Å². The molecule has 1 atom stereocenters. The summed E-state index contributed by atoms with van der Waals surface area (Å²) in [6.45, 7) is 5.93. The van der Waals surface area contributed by atoms with Crippen LogP contribution in [0.3, 0.4) is 0 Å². The molecule has 1 aromatic rings. The molecule has 10 heteroatoms. The predicted molar refractivity (Wildman–Crippen MR) is 133 cm³/mol. The number of nitrogens with zero attached hydrogens (tertiary/aromatic N) is 1. The number of benzene rings is 1. The van der Waals surface area contributed by atoms with Crippen molar-refractivity contribution in [2.45, 2.75) is 65.9 Å². The van der Waals surface area contributed by atoms with E-state index in [1.54, 1.807) is 39.0 Å². The van der Waals surface area contributed by atoms with E-state index < -0.39 is 0 Å². The van der Waals surface area contributed by atoms with Gasteiger partial charge in [0.1, 0.15) is 12.4 Å². The second kappa shape index (κ2) is 14.2. The van der Waals surface area contributed by atoms with Crippen molar-refractivity contribution in [2.75, 3.05) is 25.5 Å². The minimum absolute atomic E-state index is 0.0822. The lowest BCUT2D eigenvalue weighted by atomic mass is 10.1. The van der Waals surface area contributed by atoms with Gasteiger partial charge in [0.2, 0.25) is 23.6 Å². The number of hydrogen-bond donors (Lipinski definition) is 2. The molecule has 1 unspecified atom stereocenters. The molecule has 0 aliphatic carbocycles. The molecule has 0 saturated carbocycles. The Morgan fingerprint density at radius 2 is 1.83 bits per heavy atom. The fourth-order valence-electron chi connectivity index (χ4n) is 3.70. The number of imide groups is 1. The second-order valence-corrected chi connectivity index (χ2v) is 9.24. The molecular weight excluding hydrogens is 466 g/mol. The van der Waals surface area contributed by atoms with E-state index in [9.17, 15) is 24.0 Å². The summed E-state index contributed by atoms with van der Waals surface area (Å²) in [4.78, 5) is 61.1. The molecule has 1 heterocycles. The number of likely N-dealkylation sites (tertiary alicyclic amines) is 1. The summed E-state index contributed by atoms with van der Waals surface area (Å²) in [5.74, 6) is -0.989. The van der Waals surface area contributed by atoms with Crippen LogP contribution in [0.15, 0.2) is 18.2 Å². The summed E-state index contributed by atoms with van der Waals surface area (Å²) in [6, 6.07) is 5.13. The van der Waals surface area contributed by atoms with Crippen LogP contribution in [0.4, 0.5) is 5.69 Å². The SMILES string of the molecule is COc1ccc(COC(=O)C(C)C)cc1NC(=O)CCNC(=O)CCCCCN1C(=O)CC(C)C1=O. The molecule has 0 radical (unpaired) electrons. The zero-order chi connectivity index (χ0) is 26.7. The molecule has 4 amide bonds. The highest BCUT2D eigenvalue weighted by Gasteiger charge is 2.34. The molecule has 2 N–H and O–H groups in total. The molecule has 1 saturated heterocycles.